The molecule has 5 nitrogen and oxygen atoms in total. The summed E-state index contributed by atoms with van der Waals surface area (Å²) in [5.74, 6) is 0.367. The monoisotopic (exact) mass is 414 g/mol. The number of carbonyl (C=O) groups is 1. The van der Waals surface area contributed by atoms with Crippen molar-refractivity contribution < 1.29 is 18.7 Å². The van der Waals surface area contributed by atoms with E-state index < -0.39 is 0 Å². The van der Waals surface area contributed by atoms with Crippen LogP contribution in [-0.2, 0) is 11.3 Å². The van der Waals surface area contributed by atoms with Crippen molar-refractivity contribution in [2.45, 2.75) is 6.54 Å². The van der Waals surface area contributed by atoms with Gasteiger partial charge < -0.3 is 20.1 Å². The molecule has 7 heteroatoms. The minimum Gasteiger partial charge on any atom is -0.495 e. The van der Waals surface area contributed by atoms with Crippen molar-refractivity contribution in [1.82, 2.24) is 0 Å². The highest BCUT2D eigenvalue weighted by atomic mass is 35.5. The molecule has 0 spiro atoms. The molecule has 0 unspecified atom stereocenters. The van der Waals surface area contributed by atoms with Gasteiger partial charge in [0.05, 0.1) is 17.8 Å². The van der Waals surface area contributed by atoms with E-state index in [0.29, 0.717) is 28.8 Å². The molecule has 0 aliphatic rings. The van der Waals surface area contributed by atoms with Crippen molar-refractivity contribution in [3.05, 3.63) is 83.1 Å². The Morgan fingerprint density at radius 1 is 1.03 bits per heavy atom. The number of amides is 1. The van der Waals surface area contributed by atoms with E-state index in [0.717, 1.165) is 11.3 Å². The van der Waals surface area contributed by atoms with Crippen molar-refractivity contribution in [1.29, 1.82) is 0 Å². The number of hydrogen-bond donors (Lipinski definition) is 2. The lowest BCUT2D eigenvalue weighted by Gasteiger charge is -2.12. The molecule has 0 aliphatic carbocycles. The van der Waals surface area contributed by atoms with E-state index in [1.807, 2.05) is 12.1 Å². The first-order valence-electron chi connectivity index (χ1n) is 8.88. The summed E-state index contributed by atoms with van der Waals surface area (Å²) in [6.45, 7) is 0.324. The number of anilines is 2. The largest absolute Gasteiger partial charge is 0.495 e. The number of nitrogens with one attached hydrogen (secondary N) is 2. The number of carbonyl (C=O) groups excluding carboxylic acids is 1. The SMILES string of the molecule is COc1ccccc1NC(=O)COc1ccc(CNc2ccc(F)cc2)cc1Cl. The van der Waals surface area contributed by atoms with Crippen LogP contribution < -0.4 is 20.1 Å². The van der Waals surface area contributed by atoms with Crippen molar-refractivity contribution in [2.75, 3.05) is 24.4 Å². The smallest absolute Gasteiger partial charge is 0.262 e. The lowest BCUT2D eigenvalue weighted by Crippen LogP contribution is -2.20. The molecule has 29 heavy (non-hydrogen) atoms. The van der Waals surface area contributed by atoms with Gasteiger partial charge in [-0.2, -0.15) is 0 Å². The van der Waals surface area contributed by atoms with Crippen LogP contribution in [0.5, 0.6) is 11.5 Å². The van der Waals surface area contributed by atoms with Crippen LogP contribution in [0.2, 0.25) is 5.02 Å². The molecule has 0 fully saturated rings. The fraction of sp³-hybridized carbons (Fsp3) is 0.136. The van der Waals surface area contributed by atoms with Gasteiger partial charge in [0.1, 0.15) is 17.3 Å². The van der Waals surface area contributed by atoms with E-state index in [4.69, 9.17) is 21.1 Å². The van der Waals surface area contributed by atoms with Crippen LogP contribution >= 0.6 is 11.6 Å². The van der Waals surface area contributed by atoms with Crippen LogP contribution in [0.4, 0.5) is 15.8 Å². The number of methoxy groups -OCH3 is 1. The van der Waals surface area contributed by atoms with Gasteiger partial charge in [0.25, 0.3) is 5.91 Å². The molecule has 0 aromatic heterocycles. The first kappa shape index (κ1) is 20.5. The summed E-state index contributed by atoms with van der Waals surface area (Å²) in [7, 11) is 1.54. The summed E-state index contributed by atoms with van der Waals surface area (Å²) >= 11 is 6.27. The zero-order chi connectivity index (χ0) is 20.6. The molecule has 0 aliphatic heterocycles. The quantitative estimate of drug-likeness (QED) is 0.537. The van der Waals surface area contributed by atoms with Gasteiger partial charge in [-0.05, 0) is 54.1 Å². The lowest BCUT2D eigenvalue weighted by molar-refractivity contribution is -0.118. The maximum atomic E-state index is 12.9. The predicted molar refractivity (Wildman–Crippen MR) is 112 cm³/mol. The van der Waals surface area contributed by atoms with Crippen LogP contribution in [0.3, 0.4) is 0 Å². The van der Waals surface area contributed by atoms with Crippen molar-refractivity contribution in [3.63, 3.8) is 0 Å². The molecule has 1 amide bonds. The molecular formula is C22H20ClFN2O3. The molecule has 3 aromatic carbocycles. The summed E-state index contributed by atoms with van der Waals surface area (Å²) in [5, 5.41) is 6.31. The van der Waals surface area contributed by atoms with Gasteiger partial charge in [-0.1, -0.05) is 29.8 Å². The third-order valence-corrected chi connectivity index (χ3v) is 4.37. The molecule has 0 saturated carbocycles. The second-order valence-electron chi connectivity index (χ2n) is 6.16. The number of para-hydroxylation sites is 2. The van der Waals surface area contributed by atoms with E-state index in [-0.39, 0.29) is 18.3 Å². The highest BCUT2D eigenvalue weighted by molar-refractivity contribution is 6.32. The maximum absolute atomic E-state index is 12.9. The second-order valence-corrected chi connectivity index (χ2v) is 6.57. The van der Waals surface area contributed by atoms with Gasteiger partial charge in [-0.3, -0.25) is 4.79 Å². The van der Waals surface area contributed by atoms with Crippen molar-refractivity contribution in [2.24, 2.45) is 0 Å². The Hall–Kier alpha value is -3.25. The molecule has 0 heterocycles. The summed E-state index contributed by atoms with van der Waals surface area (Å²) in [6, 6.07) is 18.5. The van der Waals surface area contributed by atoms with Crippen LogP contribution in [0.15, 0.2) is 66.7 Å². The first-order valence-corrected chi connectivity index (χ1v) is 9.26. The predicted octanol–water partition coefficient (Wildman–Crippen LogP) is 5.12. The number of rotatable bonds is 8. The van der Waals surface area contributed by atoms with Gasteiger partial charge in [0.15, 0.2) is 6.61 Å². The average Bonchev–Trinajstić information content (AvgIpc) is 2.73. The molecule has 0 saturated heterocycles. The summed E-state index contributed by atoms with van der Waals surface area (Å²) in [6.07, 6.45) is 0. The Morgan fingerprint density at radius 2 is 1.79 bits per heavy atom. The normalized spacial score (nSPS) is 10.3. The molecule has 150 valence electrons. The zero-order valence-corrected chi connectivity index (χ0v) is 16.5. The number of ether oxygens (including phenoxy) is 2. The lowest BCUT2D eigenvalue weighted by atomic mass is 10.2. The Morgan fingerprint density at radius 3 is 2.52 bits per heavy atom. The summed E-state index contributed by atoms with van der Waals surface area (Å²) in [4.78, 5) is 12.1. The Labute approximate surface area is 173 Å². The van der Waals surface area contributed by atoms with Crippen molar-refractivity contribution in [3.8, 4) is 11.5 Å². The van der Waals surface area contributed by atoms with Crippen LogP contribution in [0.1, 0.15) is 5.56 Å². The summed E-state index contributed by atoms with van der Waals surface area (Å²) in [5.41, 5.74) is 2.29. The zero-order valence-electron chi connectivity index (χ0n) is 15.7. The number of hydrogen-bond acceptors (Lipinski definition) is 4. The molecule has 3 aromatic rings. The number of benzene rings is 3. The first-order chi connectivity index (χ1) is 14.0. The Balaban J connectivity index is 1.53. The minimum absolute atomic E-state index is 0.190. The van der Waals surface area contributed by atoms with E-state index >= 15 is 0 Å². The van der Waals surface area contributed by atoms with Gasteiger partial charge >= 0.3 is 0 Å². The highest BCUT2D eigenvalue weighted by Gasteiger charge is 2.10. The number of halogens is 2. The van der Waals surface area contributed by atoms with Crippen LogP contribution in [0.25, 0.3) is 0 Å². The van der Waals surface area contributed by atoms with Gasteiger partial charge in [-0.15, -0.1) is 0 Å². The minimum atomic E-state index is -0.326. The summed E-state index contributed by atoms with van der Waals surface area (Å²) < 4.78 is 23.7. The topological polar surface area (TPSA) is 59.6 Å². The molecule has 2 N–H and O–H groups in total. The van der Waals surface area contributed by atoms with Crippen LogP contribution in [0, 0.1) is 5.82 Å². The fourth-order valence-electron chi connectivity index (χ4n) is 2.62. The molecule has 0 radical (unpaired) electrons. The molecule has 0 bridgehead atoms. The van der Waals surface area contributed by atoms with Gasteiger partial charge in [0, 0.05) is 12.2 Å². The Kier molecular flexibility index (Phi) is 6.92. The van der Waals surface area contributed by atoms with E-state index in [9.17, 15) is 9.18 Å². The van der Waals surface area contributed by atoms with E-state index in [1.165, 1.54) is 19.2 Å². The molecule has 0 atom stereocenters. The van der Waals surface area contributed by atoms with Crippen LogP contribution in [-0.4, -0.2) is 19.6 Å². The molecule has 3 rings (SSSR count). The van der Waals surface area contributed by atoms with Crippen molar-refractivity contribution >= 4 is 28.9 Å². The highest BCUT2D eigenvalue weighted by Crippen LogP contribution is 2.26. The van der Waals surface area contributed by atoms with E-state index in [2.05, 4.69) is 10.6 Å². The van der Waals surface area contributed by atoms with E-state index in [1.54, 1.807) is 42.5 Å². The average molecular weight is 415 g/mol. The second kappa shape index (κ2) is 9.80. The third kappa shape index (κ3) is 5.86. The third-order valence-electron chi connectivity index (χ3n) is 4.08. The maximum Gasteiger partial charge on any atom is 0.262 e. The van der Waals surface area contributed by atoms with Gasteiger partial charge in [-0.25, -0.2) is 4.39 Å². The molecular weight excluding hydrogens is 395 g/mol. The Bertz CT molecular complexity index is 980. The fourth-order valence-corrected chi connectivity index (χ4v) is 2.88. The van der Waals surface area contributed by atoms with Gasteiger partial charge in [0.2, 0.25) is 0 Å². The standard InChI is InChI=1S/C22H20ClFN2O3/c1-28-21-5-3-2-4-19(21)26-22(27)14-29-20-11-6-15(12-18(20)23)13-25-17-9-7-16(24)8-10-17/h2-12,25H,13-14H2,1H3,(H,26,27).